The molecule has 0 bridgehead atoms. The Morgan fingerprint density at radius 3 is 2.64 bits per heavy atom. The molecule has 0 aliphatic carbocycles. The molecule has 5 nitrogen and oxygen atoms in total. The van der Waals surface area contributed by atoms with Gasteiger partial charge in [0, 0.05) is 29.3 Å². The van der Waals surface area contributed by atoms with Crippen LogP contribution in [0.2, 0.25) is 0 Å². The van der Waals surface area contributed by atoms with Gasteiger partial charge in [-0.05, 0) is 37.1 Å². The fourth-order valence-electron chi connectivity index (χ4n) is 2.70. The summed E-state index contributed by atoms with van der Waals surface area (Å²) < 4.78 is 19.5. The molecule has 2 rings (SSSR count). The Morgan fingerprint density at radius 1 is 1.36 bits per heavy atom. The maximum absolute atomic E-state index is 13.9. The Bertz CT molecular complexity index is 817. The summed E-state index contributed by atoms with van der Waals surface area (Å²) in [6.07, 6.45) is 0.558. The van der Waals surface area contributed by atoms with Gasteiger partial charge < -0.3 is 14.6 Å². The number of nitrogens with zero attached hydrogens (tertiary/aromatic N) is 1. The number of hydrogen-bond donors (Lipinski definition) is 1. The third kappa shape index (κ3) is 3.92. The van der Waals surface area contributed by atoms with Gasteiger partial charge in [0.1, 0.15) is 11.5 Å². The molecule has 2 aromatic rings. The first kappa shape index (κ1) is 19.2. The topological polar surface area (TPSA) is 62.4 Å². The van der Waals surface area contributed by atoms with Gasteiger partial charge in [-0.2, -0.15) is 0 Å². The Hall–Kier alpha value is -2.15. The molecular weight excluding hydrogens is 391 g/mol. The SMILES string of the molecule is CCc1[nH]c(C(=O)N(C)Cc2cc(Br)ccc2F)c(C)c1C(=O)OC. The van der Waals surface area contributed by atoms with E-state index in [1.807, 2.05) is 6.92 Å². The lowest BCUT2D eigenvalue weighted by atomic mass is 10.1. The van der Waals surface area contributed by atoms with Crippen molar-refractivity contribution in [1.29, 1.82) is 0 Å². The van der Waals surface area contributed by atoms with Gasteiger partial charge >= 0.3 is 5.97 Å². The minimum absolute atomic E-state index is 0.109. The zero-order chi connectivity index (χ0) is 18.7. The van der Waals surface area contributed by atoms with E-state index >= 15 is 0 Å². The zero-order valence-corrected chi connectivity index (χ0v) is 16.2. The van der Waals surface area contributed by atoms with Crippen LogP contribution in [-0.4, -0.2) is 35.9 Å². The molecular formula is C18H20BrFN2O3. The summed E-state index contributed by atoms with van der Waals surface area (Å²) in [6, 6.07) is 4.59. The van der Waals surface area contributed by atoms with Crippen LogP contribution in [-0.2, 0) is 17.7 Å². The summed E-state index contributed by atoms with van der Waals surface area (Å²) in [5.41, 5.74) is 2.29. The number of carbonyl (C=O) groups is 2. The Morgan fingerprint density at radius 2 is 2.04 bits per heavy atom. The number of carbonyl (C=O) groups excluding carboxylic acids is 2. The monoisotopic (exact) mass is 410 g/mol. The molecule has 1 aromatic carbocycles. The fraction of sp³-hybridized carbons (Fsp3) is 0.333. The number of aromatic nitrogens is 1. The number of benzene rings is 1. The highest BCUT2D eigenvalue weighted by Crippen LogP contribution is 2.23. The first-order chi connectivity index (χ1) is 11.8. The molecule has 0 fully saturated rings. The van der Waals surface area contributed by atoms with E-state index in [1.165, 1.54) is 18.1 Å². The summed E-state index contributed by atoms with van der Waals surface area (Å²) >= 11 is 3.30. The highest BCUT2D eigenvalue weighted by atomic mass is 79.9. The van der Waals surface area contributed by atoms with E-state index in [-0.39, 0.29) is 18.3 Å². The van der Waals surface area contributed by atoms with Crippen molar-refractivity contribution in [3.8, 4) is 0 Å². The van der Waals surface area contributed by atoms with Crippen LogP contribution in [0.15, 0.2) is 22.7 Å². The third-order valence-electron chi connectivity index (χ3n) is 4.05. The van der Waals surface area contributed by atoms with E-state index in [0.717, 1.165) is 4.47 Å². The second-order valence-electron chi connectivity index (χ2n) is 5.72. The van der Waals surface area contributed by atoms with Crippen molar-refractivity contribution >= 4 is 27.8 Å². The molecule has 0 aliphatic rings. The van der Waals surface area contributed by atoms with Gasteiger partial charge in [-0.3, -0.25) is 4.79 Å². The second kappa shape index (κ2) is 7.82. The van der Waals surface area contributed by atoms with Crippen molar-refractivity contribution < 1.29 is 18.7 Å². The van der Waals surface area contributed by atoms with E-state index < -0.39 is 5.97 Å². The van der Waals surface area contributed by atoms with Gasteiger partial charge in [0.2, 0.25) is 0 Å². The number of H-pyrrole nitrogens is 1. The van der Waals surface area contributed by atoms with Gasteiger partial charge in [-0.25, -0.2) is 9.18 Å². The van der Waals surface area contributed by atoms with Gasteiger partial charge in [-0.15, -0.1) is 0 Å². The van der Waals surface area contributed by atoms with Crippen molar-refractivity contribution in [3.63, 3.8) is 0 Å². The predicted molar refractivity (Wildman–Crippen MR) is 96.1 cm³/mol. The highest BCUT2D eigenvalue weighted by Gasteiger charge is 2.25. The van der Waals surface area contributed by atoms with E-state index in [9.17, 15) is 14.0 Å². The normalized spacial score (nSPS) is 10.6. The van der Waals surface area contributed by atoms with Crippen molar-refractivity contribution in [1.82, 2.24) is 9.88 Å². The van der Waals surface area contributed by atoms with Gasteiger partial charge in [0.05, 0.1) is 12.7 Å². The van der Waals surface area contributed by atoms with Gasteiger partial charge in [0.25, 0.3) is 5.91 Å². The maximum atomic E-state index is 13.9. The summed E-state index contributed by atoms with van der Waals surface area (Å²) in [5.74, 6) is -1.18. The number of amides is 1. The molecule has 7 heteroatoms. The number of ether oxygens (including phenoxy) is 1. The molecule has 0 aliphatic heterocycles. The Balaban J connectivity index is 2.32. The molecule has 0 saturated carbocycles. The molecule has 1 aromatic heterocycles. The fourth-order valence-corrected chi connectivity index (χ4v) is 3.11. The number of esters is 1. The minimum atomic E-state index is -0.481. The van der Waals surface area contributed by atoms with Crippen LogP contribution in [0, 0.1) is 12.7 Å². The summed E-state index contributed by atoms with van der Waals surface area (Å²) in [5, 5.41) is 0. The summed E-state index contributed by atoms with van der Waals surface area (Å²) in [6.45, 7) is 3.69. The highest BCUT2D eigenvalue weighted by molar-refractivity contribution is 9.10. The lowest BCUT2D eigenvalue weighted by Gasteiger charge is -2.18. The van der Waals surface area contributed by atoms with Crippen LogP contribution in [0.1, 0.15) is 44.6 Å². The van der Waals surface area contributed by atoms with Gasteiger partial charge in [-0.1, -0.05) is 22.9 Å². The van der Waals surface area contributed by atoms with Crippen molar-refractivity contribution in [2.24, 2.45) is 0 Å². The van der Waals surface area contributed by atoms with Gasteiger partial charge in [0.15, 0.2) is 0 Å². The van der Waals surface area contributed by atoms with E-state index in [1.54, 1.807) is 26.1 Å². The minimum Gasteiger partial charge on any atom is -0.465 e. The van der Waals surface area contributed by atoms with Crippen molar-refractivity contribution in [2.45, 2.75) is 26.8 Å². The zero-order valence-electron chi connectivity index (χ0n) is 14.6. The molecule has 0 saturated heterocycles. The molecule has 1 N–H and O–H groups in total. The third-order valence-corrected chi connectivity index (χ3v) is 4.54. The van der Waals surface area contributed by atoms with Crippen molar-refractivity contribution in [3.05, 3.63) is 56.6 Å². The summed E-state index contributed by atoms with van der Waals surface area (Å²) in [7, 11) is 2.89. The molecule has 134 valence electrons. The van der Waals surface area contributed by atoms with E-state index in [2.05, 4.69) is 20.9 Å². The standard InChI is InChI=1S/C18H20BrFN2O3/c1-5-14-15(18(24)25-4)10(2)16(21-14)17(23)22(3)9-11-8-12(19)6-7-13(11)20/h6-8,21H,5,9H2,1-4H3. The molecule has 0 unspecified atom stereocenters. The number of aryl methyl sites for hydroxylation is 1. The molecule has 0 atom stereocenters. The molecule has 1 amide bonds. The van der Waals surface area contributed by atoms with Crippen LogP contribution < -0.4 is 0 Å². The van der Waals surface area contributed by atoms with Crippen LogP contribution in [0.5, 0.6) is 0 Å². The predicted octanol–water partition coefficient (Wildman–Crippen LogP) is 3.85. The molecule has 0 spiro atoms. The number of halogens is 2. The van der Waals surface area contributed by atoms with E-state index in [0.29, 0.717) is 34.5 Å². The van der Waals surface area contributed by atoms with Crippen LogP contribution in [0.4, 0.5) is 4.39 Å². The quantitative estimate of drug-likeness (QED) is 0.761. The second-order valence-corrected chi connectivity index (χ2v) is 6.64. The number of rotatable bonds is 5. The smallest absolute Gasteiger partial charge is 0.339 e. The van der Waals surface area contributed by atoms with Crippen molar-refractivity contribution in [2.75, 3.05) is 14.2 Å². The van der Waals surface area contributed by atoms with E-state index in [4.69, 9.17) is 4.74 Å². The number of nitrogens with one attached hydrogen (secondary N) is 1. The summed E-state index contributed by atoms with van der Waals surface area (Å²) in [4.78, 5) is 29.2. The average Bonchev–Trinajstić information content (AvgIpc) is 2.93. The lowest BCUT2D eigenvalue weighted by molar-refractivity contribution is 0.0599. The first-order valence-electron chi connectivity index (χ1n) is 7.79. The molecule has 0 radical (unpaired) electrons. The largest absolute Gasteiger partial charge is 0.465 e. The Labute approximate surface area is 154 Å². The van der Waals surface area contributed by atoms with Crippen LogP contribution in [0.25, 0.3) is 0 Å². The lowest BCUT2D eigenvalue weighted by Crippen LogP contribution is -2.27. The average molecular weight is 411 g/mol. The van der Waals surface area contributed by atoms with Crippen LogP contribution in [0.3, 0.4) is 0 Å². The number of aromatic amines is 1. The number of hydrogen-bond acceptors (Lipinski definition) is 3. The number of methoxy groups -OCH3 is 1. The maximum Gasteiger partial charge on any atom is 0.339 e. The molecule has 1 heterocycles. The molecule has 25 heavy (non-hydrogen) atoms. The van der Waals surface area contributed by atoms with Crippen LogP contribution >= 0.6 is 15.9 Å². The Kier molecular flexibility index (Phi) is 6.00. The first-order valence-corrected chi connectivity index (χ1v) is 8.58.